The van der Waals surface area contributed by atoms with Crippen LogP contribution in [0.1, 0.15) is 11.7 Å². The van der Waals surface area contributed by atoms with Crippen LogP contribution in [0.2, 0.25) is 0 Å². The Morgan fingerprint density at radius 2 is 1.79 bits per heavy atom. The first kappa shape index (κ1) is 23.8. The minimum Gasteiger partial charge on any atom is -0.387 e. The van der Waals surface area contributed by atoms with E-state index in [-0.39, 0.29) is 10.7 Å². The second-order valence-corrected chi connectivity index (χ2v) is 10.2. The van der Waals surface area contributed by atoms with E-state index >= 15 is 0 Å². The Morgan fingerprint density at radius 1 is 1.06 bits per heavy atom. The van der Waals surface area contributed by atoms with Gasteiger partial charge in [0, 0.05) is 25.3 Å². The smallest absolute Gasteiger partial charge is 0.261 e. The molecule has 9 heteroatoms. The van der Waals surface area contributed by atoms with Crippen molar-refractivity contribution in [3.63, 3.8) is 0 Å². The van der Waals surface area contributed by atoms with Gasteiger partial charge in [-0.15, -0.1) is 9.24 Å². The molecular weight excluding hydrogens is 462 g/mol. The van der Waals surface area contributed by atoms with Crippen LogP contribution in [0.4, 0.5) is 10.1 Å². The van der Waals surface area contributed by atoms with E-state index in [9.17, 15) is 17.9 Å². The Labute approximate surface area is 195 Å². The van der Waals surface area contributed by atoms with Crippen LogP contribution in [-0.2, 0) is 14.8 Å². The summed E-state index contributed by atoms with van der Waals surface area (Å²) in [4.78, 5) is 2.23. The first-order valence-electron chi connectivity index (χ1n) is 10.6. The molecule has 0 radical (unpaired) electrons. The monoisotopic (exact) mass is 488 g/mol. The molecule has 174 valence electrons. The second kappa shape index (κ2) is 10.3. The first-order chi connectivity index (χ1) is 15.8. The number of hydrogen-bond acceptors (Lipinski definition) is 5. The van der Waals surface area contributed by atoms with E-state index in [1.54, 1.807) is 42.5 Å². The van der Waals surface area contributed by atoms with Crippen LogP contribution in [0.25, 0.3) is 11.1 Å². The third-order valence-corrected chi connectivity index (χ3v) is 7.42. The number of sulfonamides is 1. The van der Waals surface area contributed by atoms with E-state index in [0.717, 1.165) is 24.2 Å². The van der Waals surface area contributed by atoms with Gasteiger partial charge in [0.05, 0.1) is 24.2 Å². The number of aliphatic hydroxyl groups excluding tert-OH is 1. The molecule has 1 aliphatic heterocycles. The van der Waals surface area contributed by atoms with Gasteiger partial charge in [0.1, 0.15) is 5.82 Å². The Bertz CT molecular complexity index is 1220. The van der Waals surface area contributed by atoms with Crippen molar-refractivity contribution in [3.05, 3.63) is 78.1 Å². The maximum absolute atomic E-state index is 13.4. The number of aliphatic hydroxyl groups is 1. The normalized spacial score (nSPS) is 15.8. The predicted octanol–water partition coefficient (Wildman–Crippen LogP) is 3.16. The van der Waals surface area contributed by atoms with Crippen LogP contribution in [0.3, 0.4) is 0 Å². The Hall–Kier alpha value is -2.35. The molecule has 0 aromatic heterocycles. The van der Waals surface area contributed by atoms with Crippen molar-refractivity contribution in [1.82, 2.24) is 4.90 Å². The summed E-state index contributed by atoms with van der Waals surface area (Å²) in [5.41, 5.74) is 2.61. The number of β-amino-alcohol motifs (C(OH)–C–C–N with tert-alkyl or cyclic N) is 1. The number of anilines is 1. The molecule has 0 bridgehead atoms. The van der Waals surface area contributed by atoms with Gasteiger partial charge in [0.15, 0.2) is 0 Å². The minimum absolute atomic E-state index is 0.109. The molecule has 1 fully saturated rings. The van der Waals surface area contributed by atoms with Crippen molar-refractivity contribution < 1.29 is 22.7 Å². The average Bonchev–Trinajstić information content (AvgIpc) is 2.80. The zero-order chi connectivity index (χ0) is 23.4. The Balaban J connectivity index is 1.47. The van der Waals surface area contributed by atoms with E-state index < -0.39 is 16.1 Å². The highest BCUT2D eigenvalue weighted by atomic mass is 32.2. The zero-order valence-corrected chi connectivity index (χ0v) is 19.9. The van der Waals surface area contributed by atoms with E-state index in [2.05, 4.69) is 18.9 Å². The van der Waals surface area contributed by atoms with Crippen molar-refractivity contribution in [2.45, 2.75) is 11.0 Å². The fourth-order valence-corrected chi connectivity index (χ4v) is 5.24. The molecule has 2 unspecified atom stereocenters. The van der Waals surface area contributed by atoms with Crippen molar-refractivity contribution in [2.75, 3.05) is 37.6 Å². The molecule has 33 heavy (non-hydrogen) atoms. The van der Waals surface area contributed by atoms with Gasteiger partial charge >= 0.3 is 0 Å². The lowest BCUT2D eigenvalue weighted by Crippen LogP contribution is -2.38. The lowest BCUT2D eigenvalue weighted by molar-refractivity contribution is 0.0143. The third-order valence-electron chi connectivity index (χ3n) is 5.55. The van der Waals surface area contributed by atoms with Crippen molar-refractivity contribution >= 4 is 30.3 Å². The van der Waals surface area contributed by atoms with Crippen LogP contribution in [0.5, 0.6) is 0 Å². The number of benzene rings is 3. The summed E-state index contributed by atoms with van der Waals surface area (Å²) in [5.74, 6) is -0.329. The van der Waals surface area contributed by atoms with Gasteiger partial charge in [-0.1, -0.05) is 30.3 Å². The molecule has 0 saturated carbocycles. The van der Waals surface area contributed by atoms with E-state index in [0.29, 0.717) is 36.3 Å². The first-order valence-corrected chi connectivity index (χ1v) is 12.6. The van der Waals surface area contributed by atoms with Gasteiger partial charge in [-0.25, -0.2) is 12.8 Å². The van der Waals surface area contributed by atoms with Crippen molar-refractivity contribution in [3.8, 4) is 11.1 Å². The maximum atomic E-state index is 13.4. The summed E-state index contributed by atoms with van der Waals surface area (Å²) in [5, 5.41) is 11.3. The van der Waals surface area contributed by atoms with Crippen LogP contribution in [0.15, 0.2) is 71.6 Å². The largest absolute Gasteiger partial charge is 0.387 e. The fraction of sp³-hybridized carbons (Fsp3) is 0.250. The third kappa shape index (κ3) is 5.96. The van der Waals surface area contributed by atoms with Gasteiger partial charge < -0.3 is 9.84 Å². The SMILES string of the molecule is O=S(=O)(Nc1cccc(C(O)CN2CCOCC2)c1)c1ccc(-c2ccc(F)cc2P)cc1. The molecule has 0 aliphatic carbocycles. The Kier molecular flexibility index (Phi) is 7.41. The molecular formula is C24H26FN2O4PS. The summed E-state index contributed by atoms with van der Waals surface area (Å²) >= 11 is 0. The highest BCUT2D eigenvalue weighted by molar-refractivity contribution is 7.92. The van der Waals surface area contributed by atoms with Crippen LogP contribution in [0, 0.1) is 5.82 Å². The number of rotatable bonds is 7. The second-order valence-electron chi connectivity index (χ2n) is 7.92. The number of ether oxygens (including phenoxy) is 1. The van der Waals surface area contributed by atoms with Gasteiger partial charge in [-0.2, -0.15) is 0 Å². The number of nitrogens with one attached hydrogen (secondary N) is 1. The molecule has 2 N–H and O–H groups in total. The summed E-state index contributed by atoms with van der Waals surface area (Å²) < 4.78 is 47.1. The molecule has 1 heterocycles. The predicted molar refractivity (Wildman–Crippen MR) is 131 cm³/mol. The lowest BCUT2D eigenvalue weighted by atomic mass is 10.1. The minimum atomic E-state index is -3.82. The van der Waals surface area contributed by atoms with Gasteiger partial charge in [-0.3, -0.25) is 9.62 Å². The van der Waals surface area contributed by atoms with Crippen molar-refractivity contribution in [2.24, 2.45) is 0 Å². The Morgan fingerprint density at radius 3 is 2.48 bits per heavy atom. The highest BCUT2D eigenvalue weighted by Crippen LogP contribution is 2.25. The van der Waals surface area contributed by atoms with Crippen LogP contribution >= 0.6 is 9.24 Å². The quantitative estimate of drug-likeness (QED) is 0.500. The topological polar surface area (TPSA) is 78.9 Å². The van der Waals surface area contributed by atoms with Crippen LogP contribution < -0.4 is 10.0 Å². The van der Waals surface area contributed by atoms with E-state index in [1.807, 2.05) is 0 Å². The zero-order valence-electron chi connectivity index (χ0n) is 17.9. The molecule has 6 nitrogen and oxygen atoms in total. The van der Waals surface area contributed by atoms with Gasteiger partial charge in [0.25, 0.3) is 10.0 Å². The lowest BCUT2D eigenvalue weighted by Gasteiger charge is -2.28. The molecule has 0 spiro atoms. The summed E-state index contributed by atoms with van der Waals surface area (Å²) in [6.45, 7) is 3.27. The number of hydrogen-bond donors (Lipinski definition) is 2. The molecule has 0 amide bonds. The van der Waals surface area contributed by atoms with E-state index in [4.69, 9.17) is 4.74 Å². The summed E-state index contributed by atoms with van der Waals surface area (Å²) in [6.07, 6.45) is -0.733. The average molecular weight is 489 g/mol. The van der Waals surface area contributed by atoms with Gasteiger partial charge in [-0.05, 0) is 58.4 Å². The maximum Gasteiger partial charge on any atom is 0.261 e. The molecule has 1 saturated heterocycles. The standard InChI is InChI=1S/C24H26FN2O4PS/c25-19-6-9-22(24(32)15-19)17-4-7-21(8-5-17)33(29,30)26-20-3-1-2-18(14-20)23(28)16-27-10-12-31-13-11-27/h1-9,14-15,23,26,28H,10-13,16,32H2. The number of morpholine rings is 1. The van der Waals surface area contributed by atoms with E-state index in [1.165, 1.54) is 24.3 Å². The molecule has 2 atom stereocenters. The molecule has 1 aliphatic rings. The van der Waals surface area contributed by atoms with Crippen LogP contribution in [-0.4, -0.2) is 51.3 Å². The fourth-order valence-electron chi connectivity index (χ4n) is 3.77. The molecule has 3 aromatic carbocycles. The summed E-state index contributed by atoms with van der Waals surface area (Å²) in [7, 11) is -1.33. The molecule has 3 aromatic rings. The van der Waals surface area contributed by atoms with Crippen molar-refractivity contribution in [1.29, 1.82) is 0 Å². The molecule has 4 rings (SSSR count). The summed E-state index contributed by atoms with van der Waals surface area (Å²) in [6, 6.07) is 17.6. The number of nitrogens with zero attached hydrogens (tertiary/aromatic N) is 1. The number of halogens is 1. The van der Waals surface area contributed by atoms with Gasteiger partial charge in [0.2, 0.25) is 0 Å². The highest BCUT2D eigenvalue weighted by Gasteiger charge is 2.18.